The number of rotatable bonds is 3. The molecule has 0 aromatic rings. The highest BCUT2D eigenvalue weighted by Crippen LogP contribution is 2.17. The molecular weight excluding hydrogens is 138 g/mol. The predicted molar refractivity (Wildman–Crippen MR) is 49.6 cm³/mol. The van der Waals surface area contributed by atoms with Gasteiger partial charge in [0.05, 0.1) is 6.04 Å². The maximum absolute atomic E-state index is 5.56. The van der Waals surface area contributed by atoms with E-state index in [1.54, 1.807) is 6.21 Å². The van der Waals surface area contributed by atoms with Crippen LogP contribution in [0.25, 0.3) is 0 Å². The molecule has 0 aliphatic carbocycles. The molecule has 3 heteroatoms. The molecule has 0 aliphatic heterocycles. The van der Waals surface area contributed by atoms with Crippen molar-refractivity contribution in [1.29, 1.82) is 0 Å². The molecule has 0 spiro atoms. The highest BCUT2D eigenvalue weighted by atomic mass is 15.3. The monoisotopic (exact) mass is 157 g/mol. The molecule has 0 aliphatic rings. The normalized spacial score (nSPS) is 15.4. The Bertz CT molecular complexity index is 124. The molecule has 1 unspecified atom stereocenters. The van der Waals surface area contributed by atoms with E-state index in [4.69, 9.17) is 5.73 Å². The summed E-state index contributed by atoms with van der Waals surface area (Å²) in [4.78, 5) is 0. The third kappa shape index (κ3) is 3.98. The van der Waals surface area contributed by atoms with Gasteiger partial charge in [-0.3, -0.25) is 0 Å². The van der Waals surface area contributed by atoms with Gasteiger partial charge in [-0.2, -0.15) is 5.10 Å². The largest absolute Gasteiger partial charge is 0.328 e. The lowest BCUT2D eigenvalue weighted by molar-refractivity contribution is 0.278. The van der Waals surface area contributed by atoms with Crippen LogP contribution >= 0.6 is 0 Å². The summed E-state index contributed by atoms with van der Waals surface area (Å²) in [5, 5.41) is 3.95. The van der Waals surface area contributed by atoms with Crippen LogP contribution in [0.4, 0.5) is 0 Å². The Kier molecular flexibility index (Phi) is 4.11. The molecule has 0 bridgehead atoms. The van der Waals surface area contributed by atoms with Gasteiger partial charge in [0.25, 0.3) is 0 Å². The molecule has 0 aromatic carbocycles. The fourth-order valence-corrected chi connectivity index (χ4v) is 0.764. The van der Waals surface area contributed by atoms with Gasteiger partial charge >= 0.3 is 0 Å². The first kappa shape index (κ1) is 10.4. The Labute approximate surface area is 69.0 Å². The van der Waals surface area contributed by atoms with Gasteiger partial charge < -0.3 is 11.2 Å². The first-order valence-electron chi connectivity index (χ1n) is 3.95. The molecule has 3 nitrogen and oxygen atoms in total. The Balaban J connectivity index is 3.96. The van der Waals surface area contributed by atoms with Crippen molar-refractivity contribution in [3.8, 4) is 0 Å². The van der Waals surface area contributed by atoms with Crippen molar-refractivity contribution in [3.05, 3.63) is 0 Å². The van der Waals surface area contributed by atoms with E-state index in [0.29, 0.717) is 6.54 Å². The lowest BCUT2D eigenvalue weighted by Crippen LogP contribution is -2.43. The van der Waals surface area contributed by atoms with E-state index >= 15 is 0 Å². The molecule has 0 aromatic heterocycles. The van der Waals surface area contributed by atoms with Gasteiger partial charge in [0.1, 0.15) is 0 Å². The van der Waals surface area contributed by atoms with Crippen LogP contribution in [0.5, 0.6) is 0 Å². The summed E-state index contributed by atoms with van der Waals surface area (Å²) < 4.78 is 0. The third-order valence-corrected chi connectivity index (χ3v) is 1.64. The smallest absolute Gasteiger partial charge is 0.0610 e. The summed E-state index contributed by atoms with van der Waals surface area (Å²) in [5.41, 5.74) is 8.73. The maximum Gasteiger partial charge on any atom is 0.0610 e. The van der Waals surface area contributed by atoms with Crippen molar-refractivity contribution in [2.45, 2.75) is 33.7 Å². The lowest BCUT2D eigenvalue weighted by atomic mass is 9.87. The van der Waals surface area contributed by atoms with E-state index in [2.05, 4.69) is 31.3 Å². The standard InChI is InChI=1S/C8H19N3/c1-5-10-11-7(6-9)8(2,3)4/h5,7,11H,6,9H2,1-4H3/b10-5-. The summed E-state index contributed by atoms with van der Waals surface area (Å²) in [7, 11) is 0. The Morgan fingerprint density at radius 3 is 2.36 bits per heavy atom. The SMILES string of the molecule is C/C=N\NC(CN)C(C)(C)C. The van der Waals surface area contributed by atoms with Gasteiger partial charge in [0.15, 0.2) is 0 Å². The molecule has 3 N–H and O–H groups in total. The summed E-state index contributed by atoms with van der Waals surface area (Å²) >= 11 is 0. The average Bonchev–Trinajstić information content (AvgIpc) is 1.87. The molecule has 0 amide bonds. The second kappa shape index (κ2) is 4.34. The summed E-state index contributed by atoms with van der Waals surface area (Å²) in [5.74, 6) is 0. The number of nitrogens with zero attached hydrogens (tertiary/aromatic N) is 1. The molecule has 0 rings (SSSR count). The highest BCUT2D eigenvalue weighted by Gasteiger charge is 2.22. The zero-order valence-corrected chi connectivity index (χ0v) is 7.89. The van der Waals surface area contributed by atoms with Gasteiger partial charge in [0, 0.05) is 12.8 Å². The Morgan fingerprint density at radius 2 is 2.09 bits per heavy atom. The van der Waals surface area contributed by atoms with Gasteiger partial charge in [0.2, 0.25) is 0 Å². The molecule has 0 saturated carbocycles. The van der Waals surface area contributed by atoms with Crippen LogP contribution in [-0.4, -0.2) is 18.8 Å². The van der Waals surface area contributed by atoms with Crippen molar-refractivity contribution in [3.63, 3.8) is 0 Å². The van der Waals surface area contributed by atoms with E-state index in [1.807, 2.05) is 6.92 Å². The van der Waals surface area contributed by atoms with Crippen molar-refractivity contribution in [2.24, 2.45) is 16.3 Å². The fraction of sp³-hybridized carbons (Fsp3) is 0.875. The minimum absolute atomic E-state index is 0.168. The molecule has 1 atom stereocenters. The summed E-state index contributed by atoms with van der Waals surface area (Å²) in [6.07, 6.45) is 1.73. The molecule has 0 heterocycles. The van der Waals surface area contributed by atoms with Crippen LogP contribution in [0.1, 0.15) is 27.7 Å². The zero-order chi connectivity index (χ0) is 8.91. The number of hydrazone groups is 1. The first-order valence-corrected chi connectivity index (χ1v) is 3.95. The number of nitrogens with two attached hydrogens (primary N) is 1. The summed E-state index contributed by atoms with van der Waals surface area (Å²) in [6, 6.07) is 0.249. The highest BCUT2D eigenvalue weighted by molar-refractivity contribution is 5.52. The summed E-state index contributed by atoms with van der Waals surface area (Å²) in [6.45, 7) is 8.91. The van der Waals surface area contributed by atoms with E-state index in [9.17, 15) is 0 Å². The van der Waals surface area contributed by atoms with Crippen LogP contribution < -0.4 is 11.2 Å². The van der Waals surface area contributed by atoms with E-state index in [-0.39, 0.29) is 11.5 Å². The fourth-order valence-electron chi connectivity index (χ4n) is 0.764. The number of hydrogen-bond acceptors (Lipinski definition) is 3. The van der Waals surface area contributed by atoms with Crippen LogP contribution in [0.2, 0.25) is 0 Å². The first-order chi connectivity index (χ1) is 5.02. The topological polar surface area (TPSA) is 50.4 Å². The van der Waals surface area contributed by atoms with E-state index < -0.39 is 0 Å². The maximum atomic E-state index is 5.56. The van der Waals surface area contributed by atoms with Gasteiger partial charge in [-0.05, 0) is 12.3 Å². The van der Waals surface area contributed by atoms with E-state index in [1.165, 1.54) is 0 Å². The minimum Gasteiger partial charge on any atom is -0.328 e. The quantitative estimate of drug-likeness (QED) is 0.473. The van der Waals surface area contributed by atoms with Crippen LogP contribution in [-0.2, 0) is 0 Å². The van der Waals surface area contributed by atoms with Crippen LogP contribution in [0.15, 0.2) is 5.10 Å². The van der Waals surface area contributed by atoms with Crippen LogP contribution in [0, 0.1) is 5.41 Å². The van der Waals surface area contributed by atoms with Crippen molar-refractivity contribution < 1.29 is 0 Å². The molecule has 11 heavy (non-hydrogen) atoms. The molecule has 0 fully saturated rings. The van der Waals surface area contributed by atoms with Crippen molar-refractivity contribution >= 4 is 6.21 Å². The minimum atomic E-state index is 0.168. The average molecular weight is 157 g/mol. The molecule has 0 radical (unpaired) electrons. The Hall–Kier alpha value is -0.570. The molecular formula is C8H19N3. The van der Waals surface area contributed by atoms with Crippen molar-refractivity contribution in [2.75, 3.05) is 6.54 Å². The lowest BCUT2D eigenvalue weighted by Gasteiger charge is -2.28. The van der Waals surface area contributed by atoms with Crippen molar-refractivity contribution in [1.82, 2.24) is 5.43 Å². The second-order valence-corrected chi connectivity index (χ2v) is 3.67. The molecule has 0 saturated heterocycles. The number of nitrogens with one attached hydrogen (secondary N) is 1. The van der Waals surface area contributed by atoms with Gasteiger partial charge in [-0.1, -0.05) is 20.8 Å². The Morgan fingerprint density at radius 1 is 1.55 bits per heavy atom. The zero-order valence-electron chi connectivity index (χ0n) is 7.89. The van der Waals surface area contributed by atoms with Crippen LogP contribution in [0.3, 0.4) is 0 Å². The van der Waals surface area contributed by atoms with Gasteiger partial charge in [-0.15, -0.1) is 0 Å². The molecule has 66 valence electrons. The number of hydrogen-bond donors (Lipinski definition) is 2. The van der Waals surface area contributed by atoms with Gasteiger partial charge in [-0.25, -0.2) is 0 Å². The predicted octanol–water partition coefficient (Wildman–Crippen LogP) is 0.955. The van der Waals surface area contributed by atoms with E-state index in [0.717, 1.165) is 0 Å². The third-order valence-electron chi connectivity index (χ3n) is 1.64. The second-order valence-electron chi connectivity index (χ2n) is 3.67.